The molecule has 2 heterocycles. The number of amides is 1. The van der Waals surface area contributed by atoms with Gasteiger partial charge in [-0.15, -0.1) is 22.7 Å². The summed E-state index contributed by atoms with van der Waals surface area (Å²) in [6.07, 6.45) is 0.913. The van der Waals surface area contributed by atoms with Crippen LogP contribution in [0.25, 0.3) is 10.6 Å². The van der Waals surface area contributed by atoms with E-state index in [9.17, 15) is 4.79 Å². The molecule has 0 saturated heterocycles. The summed E-state index contributed by atoms with van der Waals surface area (Å²) in [5.41, 5.74) is 4.83. The van der Waals surface area contributed by atoms with Crippen LogP contribution in [0.5, 0.6) is 0 Å². The van der Waals surface area contributed by atoms with Gasteiger partial charge in [0.1, 0.15) is 10.7 Å². The van der Waals surface area contributed by atoms with Crippen LogP contribution < -0.4 is 5.32 Å². The fourth-order valence-corrected chi connectivity index (χ4v) is 4.31. The third-order valence-corrected chi connectivity index (χ3v) is 5.90. The largest absolute Gasteiger partial charge is 0.343 e. The van der Waals surface area contributed by atoms with Gasteiger partial charge in [-0.3, -0.25) is 4.79 Å². The molecule has 25 heavy (non-hydrogen) atoms. The number of nitrogens with zero attached hydrogens (tertiary/aromatic N) is 2. The summed E-state index contributed by atoms with van der Waals surface area (Å²) < 4.78 is 0. The van der Waals surface area contributed by atoms with E-state index < -0.39 is 0 Å². The zero-order chi connectivity index (χ0) is 18.0. The molecule has 0 aliphatic rings. The van der Waals surface area contributed by atoms with Gasteiger partial charge in [-0.2, -0.15) is 0 Å². The smallest absolute Gasteiger partial charge is 0.271 e. The van der Waals surface area contributed by atoms with E-state index in [-0.39, 0.29) is 11.9 Å². The molecular formula is C19H21N3OS2. The van der Waals surface area contributed by atoms with Gasteiger partial charge in [0.05, 0.1) is 16.7 Å². The predicted molar refractivity (Wildman–Crippen MR) is 104 cm³/mol. The number of nitrogens with one attached hydrogen (secondary N) is 1. The molecule has 0 fully saturated rings. The SMILES string of the molecule is CCc1nc(C(C)NC(=O)c2csc(-c3ccc(C)cc3C)n2)cs1. The highest BCUT2D eigenvalue weighted by Crippen LogP contribution is 2.27. The Morgan fingerprint density at radius 1 is 1.20 bits per heavy atom. The zero-order valence-corrected chi connectivity index (χ0v) is 16.4. The molecule has 130 valence electrons. The van der Waals surface area contributed by atoms with E-state index in [0.717, 1.165) is 27.7 Å². The minimum atomic E-state index is -0.161. The highest BCUT2D eigenvalue weighted by atomic mass is 32.1. The van der Waals surface area contributed by atoms with Gasteiger partial charge in [0.25, 0.3) is 5.91 Å². The molecule has 1 aromatic carbocycles. The maximum absolute atomic E-state index is 12.5. The van der Waals surface area contributed by atoms with Gasteiger partial charge in [0.15, 0.2) is 0 Å². The van der Waals surface area contributed by atoms with E-state index in [1.54, 1.807) is 11.3 Å². The molecular weight excluding hydrogens is 350 g/mol. The summed E-state index contributed by atoms with van der Waals surface area (Å²) >= 11 is 3.13. The second-order valence-electron chi connectivity index (χ2n) is 6.07. The molecule has 0 aliphatic carbocycles. The van der Waals surface area contributed by atoms with Crippen LogP contribution in [0, 0.1) is 13.8 Å². The van der Waals surface area contributed by atoms with Crippen LogP contribution in [-0.4, -0.2) is 15.9 Å². The average Bonchev–Trinajstić information content (AvgIpc) is 3.24. The first-order valence-corrected chi connectivity index (χ1v) is 10.0. The Kier molecular flexibility index (Phi) is 5.30. The number of rotatable bonds is 5. The second kappa shape index (κ2) is 7.45. The highest BCUT2D eigenvalue weighted by Gasteiger charge is 2.17. The summed E-state index contributed by atoms with van der Waals surface area (Å²) in [5.74, 6) is -0.161. The number of aryl methyl sites for hydroxylation is 3. The third-order valence-electron chi connectivity index (χ3n) is 4.01. The van der Waals surface area contributed by atoms with Crippen molar-refractivity contribution in [3.05, 3.63) is 56.5 Å². The molecule has 1 amide bonds. The molecule has 4 nitrogen and oxygen atoms in total. The van der Waals surface area contributed by atoms with Crippen molar-refractivity contribution in [2.75, 3.05) is 0 Å². The Morgan fingerprint density at radius 3 is 2.68 bits per heavy atom. The van der Waals surface area contributed by atoms with Crippen molar-refractivity contribution in [3.8, 4) is 10.6 Å². The van der Waals surface area contributed by atoms with E-state index in [1.807, 2.05) is 17.7 Å². The standard InChI is InChI=1S/C19H21N3OS2/c1-5-17-21-15(9-24-17)13(4)20-18(23)16-10-25-19(22-16)14-7-6-11(2)8-12(14)3/h6-10,13H,5H2,1-4H3,(H,20,23). The minimum Gasteiger partial charge on any atom is -0.343 e. The molecule has 0 spiro atoms. The molecule has 0 saturated carbocycles. The van der Waals surface area contributed by atoms with Crippen LogP contribution in [-0.2, 0) is 6.42 Å². The van der Waals surface area contributed by atoms with E-state index in [0.29, 0.717) is 5.69 Å². The van der Waals surface area contributed by atoms with Gasteiger partial charge in [0, 0.05) is 16.3 Å². The van der Waals surface area contributed by atoms with Crippen molar-refractivity contribution in [2.45, 2.75) is 40.2 Å². The van der Waals surface area contributed by atoms with Crippen molar-refractivity contribution in [3.63, 3.8) is 0 Å². The third kappa shape index (κ3) is 3.96. The number of aromatic nitrogens is 2. The zero-order valence-electron chi connectivity index (χ0n) is 14.8. The Balaban J connectivity index is 1.74. The maximum atomic E-state index is 12.5. The van der Waals surface area contributed by atoms with Crippen LogP contribution in [0.1, 0.15) is 52.2 Å². The first-order valence-electron chi connectivity index (χ1n) is 8.26. The molecule has 2 aromatic heterocycles. The summed E-state index contributed by atoms with van der Waals surface area (Å²) in [6, 6.07) is 6.14. The molecule has 0 radical (unpaired) electrons. The Labute approximate surface area is 156 Å². The maximum Gasteiger partial charge on any atom is 0.271 e. The fraction of sp³-hybridized carbons (Fsp3) is 0.316. The summed E-state index contributed by atoms with van der Waals surface area (Å²) in [7, 11) is 0. The van der Waals surface area contributed by atoms with Crippen LogP contribution in [0.3, 0.4) is 0 Å². The lowest BCUT2D eigenvalue weighted by atomic mass is 10.1. The average molecular weight is 372 g/mol. The van der Waals surface area contributed by atoms with Crippen LogP contribution in [0.4, 0.5) is 0 Å². The lowest BCUT2D eigenvalue weighted by molar-refractivity contribution is 0.0935. The predicted octanol–water partition coefficient (Wildman–Crippen LogP) is 4.94. The van der Waals surface area contributed by atoms with E-state index in [1.165, 1.54) is 22.5 Å². The second-order valence-corrected chi connectivity index (χ2v) is 7.87. The molecule has 1 unspecified atom stereocenters. The van der Waals surface area contributed by atoms with Crippen molar-refractivity contribution in [1.29, 1.82) is 0 Å². The molecule has 0 bridgehead atoms. The first kappa shape index (κ1) is 17.8. The van der Waals surface area contributed by atoms with Crippen molar-refractivity contribution in [2.24, 2.45) is 0 Å². The topological polar surface area (TPSA) is 54.9 Å². The number of thiazole rings is 2. The van der Waals surface area contributed by atoms with Gasteiger partial charge in [-0.1, -0.05) is 30.7 Å². The number of hydrogen-bond acceptors (Lipinski definition) is 5. The highest BCUT2D eigenvalue weighted by molar-refractivity contribution is 7.13. The summed E-state index contributed by atoms with van der Waals surface area (Å²) in [6.45, 7) is 8.17. The van der Waals surface area contributed by atoms with E-state index in [4.69, 9.17) is 0 Å². The Bertz CT molecular complexity index is 898. The van der Waals surface area contributed by atoms with Gasteiger partial charge in [-0.05, 0) is 32.8 Å². The molecule has 3 aromatic rings. The molecule has 0 aliphatic heterocycles. The van der Waals surface area contributed by atoms with Crippen LogP contribution in [0.2, 0.25) is 0 Å². The molecule has 1 atom stereocenters. The van der Waals surface area contributed by atoms with Crippen molar-refractivity contribution < 1.29 is 4.79 Å². The van der Waals surface area contributed by atoms with Gasteiger partial charge >= 0.3 is 0 Å². The van der Waals surface area contributed by atoms with Crippen LogP contribution >= 0.6 is 22.7 Å². The number of benzene rings is 1. The lowest BCUT2D eigenvalue weighted by Crippen LogP contribution is -2.27. The number of carbonyl (C=O) groups is 1. The van der Waals surface area contributed by atoms with Crippen LogP contribution in [0.15, 0.2) is 29.0 Å². The molecule has 3 rings (SSSR count). The van der Waals surface area contributed by atoms with Gasteiger partial charge < -0.3 is 5.32 Å². The first-order chi connectivity index (χ1) is 12.0. The monoisotopic (exact) mass is 371 g/mol. The quantitative estimate of drug-likeness (QED) is 0.691. The fourth-order valence-electron chi connectivity index (χ4n) is 2.59. The molecule has 6 heteroatoms. The van der Waals surface area contributed by atoms with E-state index >= 15 is 0 Å². The minimum absolute atomic E-state index is 0.129. The van der Waals surface area contributed by atoms with Crippen molar-refractivity contribution in [1.82, 2.24) is 15.3 Å². The Hall–Kier alpha value is -2.05. The Morgan fingerprint density at radius 2 is 2.00 bits per heavy atom. The summed E-state index contributed by atoms with van der Waals surface area (Å²) in [5, 5.41) is 8.77. The number of carbonyl (C=O) groups excluding carboxylic acids is 1. The van der Waals surface area contributed by atoms with Gasteiger partial charge in [0.2, 0.25) is 0 Å². The summed E-state index contributed by atoms with van der Waals surface area (Å²) in [4.78, 5) is 21.6. The van der Waals surface area contributed by atoms with Crippen molar-refractivity contribution >= 4 is 28.6 Å². The van der Waals surface area contributed by atoms with Gasteiger partial charge in [-0.25, -0.2) is 9.97 Å². The van der Waals surface area contributed by atoms with E-state index in [2.05, 4.69) is 54.3 Å². The lowest BCUT2D eigenvalue weighted by Gasteiger charge is -2.10. The molecule has 1 N–H and O–H groups in total. The number of hydrogen-bond donors (Lipinski definition) is 1. The normalized spacial score (nSPS) is 12.2.